The van der Waals surface area contributed by atoms with Crippen molar-refractivity contribution in [3.8, 4) is 11.3 Å². The summed E-state index contributed by atoms with van der Waals surface area (Å²) in [5, 5.41) is 10.3. The number of nitro benzene ring substituents is 1. The number of alkyl halides is 3. The summed E-state index contributed by atoms with van der Waals surface area (Å²) in [5.41, 5.74) is -4.61. The van der Waals surface area contributed by atoms with Gasteiger partial charge in [-0.2, -0.15) is 13.2 Å². The fourth-order valence-corrected chi connectivity index (χ4v) is 2.06. The lowest BCUT2D eigenvalue weighted by atomic mass is 10.1. The second-order valence-corrected chi connectivity index (χ2v) is 4.80. The van der Waals surface area contributed by atoms with E-state index in [-0.39, 0.29) is 4.57 Å². The van der Waals surface area contributed by atoms with Crippen LogP contribution in [0.2, 0.25) is 5.02 Å². The highest BCUT2D eigenvalue weighted by molar-refractivity contribution is 6.32. The molecule has 0 saturated heterocycles. The number of nitrogens with zero attached hydrogens (tertiary/aromatic N) is 3. The van der Waals surface area contributed by atoms with Gasteiger partial charge in [0.25, 0.3) is 11.2 Å². The van der Waals surface area contributed by atoms with Crippen molar-refractivity contribution in [2.24, 2.45) is 7.05 Å². The molecule has 0 radical (unpaired) electrons. The predicted molar refractivity (Wildman–Crippen MR) is 71.5 cm³/mol. The highest BCUT2D eigenvalue weighted by atomic mass is 35.5. The summed E-state index contributed by atoms with van der Waals surface area (Å²) in [4.78, 5) is 25.2. The van der Waals surface area contributed by atoms with Crippen LogP contribution in [0.4, 0.5) is 23.2 Å². The highest BCUT2D eigenvalue weighted by Crippen LogP contribution is 2.32. The average Bonchev–Trinajstić information content (AvgIpc) is 2.40. The summed E-state index contributed by atoms with van der Waals surface area (Å²) in [5.74, 6) is -1.12. The van der Waals surface area contributed by atoms with Crippen molar-refractivity contribution >= 4 is 17.3 Å². The molecular weight excluding hydrogens is 346 g/mol. The molecule has 0 spiro atoms. The summed E-state index contributed by atoms with van der Waals surface area (Å²) < 4.78 is 52.2. The van der Waals surface area contributed by atoms with E-state index in [9.17, 15) is 32.5 Å². The molecule has 0 unspecified atom stereocenters. The standard InChI is InChI=1S/C12H6ClF4N3O3/c1-19-9(12(15,16)17)4-18-10(11(19)21)5-2-8(20(22)23)6(13)3-7(5)14/h2-4H,1H3. The van der Waals surface area contributed by atoms with Crippen LogP contribution in [-0.2, 0) is 13.2 Å². The van der Waals surface area contributed by atoms with E-state index in [0.29, 0.717) is 18.3 Å². The van der Waals surface area contributed by atoms with E-state index in [1.54, 1.807) is 0 Å². The Morgan fingerprint density at radius 2 is 1.96 bits per heavy atom. The maximum atomic E-state index is 13.9. The lowest BCUT2D eigenvalue weighted by Gasteiger charge is -2.12. The van der Waals surface area contributed by atoms with Gasteiger partial charge >= 0.3 is 6.18 Å². The van der Waals surface area contributed by atoms with E-state index < -0.39 is 50.1 Å². The number of nitro groups is 1. The van der Waals surface area contributed by atoms with Crippen LogP contribution < -0.4 is 5.56 Å². The fourth-order valence-electron chi connectivity index (χ4n) is 1.84. The highest BCUT2D eigenvalue weighted by Gasteiger charge is 2.35. The van der Waals surface area contributed by atoms with Gasteiger partial charge in [-0.05, 0) is 0 Å². The first-order valence-electron chi connectivity index (χ1n) is 5.81. The lowest BCUT2D eigenvalue weighted by Crippen LogP contribution is -2.28. The van der Waals surface area contributed by atoms with Crippen LogP contribution in [0.5, 0.6) is 0 Å². The molecule has 2 aromatic rings. The largest absolute Gasteiger partial charge is 0.433 e. The van der Waals surface area contributed by atoms with E-state index in [2.05, 4.69) is 4.98 Å². The zero-order valence-electron chi connectivity index (χ0n) is 11.2. The minimum Gasteiger partial charge on any atom is -0.304 e. The SMILES string of the molecule is Cn1c(C(F)(F)F)cnc(-c2cc([N+](=O)[O-])c(Cl)cc2F)c1=O. The Bertz CT molecular complexity index is 864. The molecule has 1 aromatic carbocycles. The van der Waals surface area contributed by atoms with Gasteiger partial charge in [0.15, 0.2) is 0 Å². The normalized spacial score (nSPS) is 11.6. The van der Waals surface area contributed by atoms with Crippen LogP contribution in [0.15, 0.2) is 23.1 Å². The molecule has 0 bridgehead atoms. The predicted octanol–water partition coefficient (Wildman–Crippen LogP) is 3.17. The molecule has 0 N–H and O–H groups in total. The Labute approximate surface area is 130 Å². The first-order valence-corrected chi connectivity index (χ1v) is 6.19. The van der Waals surface area contributed by atoms with E-state index in [1.807, 2.05) is 0 Å². The number of hydrogen-bond acceptors (Lipinski definition) is 4. The molecule has 0 saturated carbocycles. The quantitative estimate of drug-likeness (QED) is 0.473. The maximum Gasteiger partial charge on any atom is 0.433 e. The van der Waals surface area contributed by atoms with Gasteiger partial charge in [-0.25, -0.2) is 9.37 Å². The van der Waals surface area contributed by atoms with Crippen molar-refractivity contribution in [3.63, 3.8) is 0 Å². The Morgan fingerprint density at radius 3 is 2.48 bits per heavy atom. The smallest absolute Gasteiger partial charge is 0.304 e. The number of halogens is 5. The van der Waals surface area contributed by atoms with Gasteiger partial charge in [-0.1, -0.05) is 11.6 Å². The number of rotatable bonds is 2. The molecule has 0 aliphatic heterocycles. The molecule has 122 valence electrons. The van der Waals surface area contributed by atoms with Gasteiger partial charge in [-0.3, -0.25) is 14.9 Å². The second-order valence-electron chi connectivity index (χ2n) is 4.39. The zero-order valence-corrected chi connectivity index (χ0v) is 11.9. The van der Waals surface area contributed by atoms with Crippen LogP contribution in [0.1, 0.15) is 5.69 Å². The van der Waals surface area contributed by atoms with E-state index in [0.717, 1.165) is 7.05 Å². The average molecular weight is 352 g/mol. The summed E-state index contributed by atoms with van der Waals surface area (Å²) in [6, 6.07) is 1.24. The molecular formula is C12H6ClF4N3O3. The van der Waals surface area contributed by atoms with Crippen LogP contribution in [0.25, 0.3) is 11.3 Å². The van der Waals surface area contributed by atoms with Crippen molar-refractivity contribution in [1.29, 1.82) is 0 Å². The van der Waals surface area contributed by atoms with Gasteiger partial charge in [0, 0.05) is 24.7 Å². The maximum absolute atomic E-state index is 13.9. The molecule has 0 amide bonds. The summed E-state index contributed by atoms with van der Waals surface area (Å²) in [6.45, 7) is 0. The topological polar surface area (TPSA) is 78.0 Å². The monoisotopic (exact) mass is 351 g/mol. The molecule has 2 rings (SSSR count). The molecule has 0 atom stereocenters. The van der Waals surface area contributed by atoms with Crippen molar-refractivity contribution < 1.29 is 22.5 Å². The van der Waals surface area contributed by atoms with E-state index in [1.165, 1.54) is 0 Å². The molecule has 6 nitrogen and oxygen atoms in total. The first-order chi connectivity index (χ1) is 10.5. The van der Waals surface area contributed by atoms with Gasteiger partial charge in [0.1, 0.15) is 22.2 Å². The van der Waals surface area contributed by atoms with Gasteiger partial charge in [-0.15, -0.1) is 0 Å². The lowest BCUT2D eigenvalue weighted by molar-refractivity contribution is -0.384. The number of hydrogen-bond donors (Lipinski definition) is 0. The van der Waals surface area contributed by atoms with Crippen molar-refractivity contribution in [1.82, 2.24) is 9.55 Å². The Kier molecular flexibility index (Phi) is 4.12. The number of aromatic nitrogens is 2. The van der Waals surface area contributed by atoms with Gasteiger partial charge in [0.2, 0.25) is 0 Å². The second kappa shape index (κ2) is 5.61. The van der Waals surface area contributed by atoms with Crippen molar-refractivity contribution in [2.45, 2.75) is 6.18 Å². The Balaban J connectivity index is 2.74. The molecule has 1 aromatic heterocycles. The molecule has 11 heteroatoms. The first kappa shape index (κ1) is 16.9. The Hall–Kier alpha value is -2.49. The summed E-state index contributed by atoms with van der Waals surface area (Å²) >= 11 is 5.51. The minimum atomic E-state index is -4.83. The van der Waals surface area contributed by atoms with Crippen LogP contribution >= 0.6 is 11.6 Å². The third-order valence-corrected chi connectivity index (χ3v) is 3.27. The van der Waals surface area contributed by atoms with E-state index in [4.69, 9.17) is 11.6 Å². The van der Waals surface area contributed by atoms with Crippen molar-refractivity contribution in [3.05, 3.63) is 55.3 Å². The summed E-state index contributed by atoms with van der Waals surface area (Å²) in [7, 11) is 0.832. The third kappa shape index (κ3) is 3.02. The van der Waals surface area contributed by atoms with Gasteiger partial charge < -0.3 is 4.57 Å². The van der Waals surface area contributed by atoms with Crippen LogP contribution in [0, 0.1) is 15.9 Å². The molecule has 1 heterocycles. The minimum absolute atomic E-state index is 0.238. The molecule has 0 aliphatic carbocycles. The Morgan fingerprint density at radius 1 is 1.35 bits per heavy atom. The summed E-state index contributed by atoms with van der Waals surface area (Å²) in [6.07, 6.45) is -4.49. The zero-order chi connectivity index (χ0) is 17.5. The molecule has 0 aliphatic rings. The van der Waals surface area contributed by atoms with Gasteiger partial charge in [0.05, 0.1) is 11.1 Å². The molecule has 23 heavy (non-hydrogen) atoms. The van der Waals surface area contributed by atoms with Crippen molar-refractivity contribution in [2.75, 3.05) is 0 Å². The molecule has 0 fully saturated rings. The van der Waals surface area contributed by atoms with Crippen LogP contribution in [-0.4, -0.2) is 14.5 Å². The third-order valence-electron chi connectivity index (χ3n) is 2.96. The fraction of sp³-hybridized carbons (Fsp3) is 0.167. The number of benzene rings is 1. The van der Waals surface area contributed by atoms with E-state index >= 15 is 0 Å². The van der Waals surface area contributed by atoms with Crippen LogP contribution in [0.3, 0.4) is 0 Å².